The van der Waals surface area contributed by atoms with Gasteiger partial charge in [0.05, 0.1) is 6.26 Å². The Bertz CT molecular complexity index is 513. The number of hydrogen-bond donors (Lipinski definition) is 1. The number of halogens is 2. The molecule has 4 heteroatoms. The lowest BCUT2D eigenvalue weighted by Gasteiger charge is -2.19. The molecule has 0 aliphatic heterocycles. The maximum Gasteiger partial charge on any atom is 0.124 e. The smallest absolute Gasteiger partial charge is 0.124 e. The van der Waals surface area contributed by atoms with Crippen LogP contribution in [-0.4, -0.2) is 6.54 Å². The fourth-order valence-corrected chi connectivity index (χ4v) is 2.32. The number of furan rings is 1. The van der Waals surface area contributed by atoms with Crippen molar-refractivity contribution in [3.63, 3.8) is 0 Å². The second-order valence-electron chi connectivity index (χ2n) is 4.46. The Labute approximate surface area is 117 Å². The van der Waals surface area contributed by atoms with Crippen molar-refractivity contribution in [3.05, 3.63) is 58.8 Å². The van der Waals surface area contributed by atoms with Crippen LogP contribution < -0.4 is 5.32 Å². The van der Waals surface area contributed by atoms with Gasteiger partial charge >= 0.3 is 0 Å². The molecule has 2 nitrogen and oxygen atoms in total. The van der Waals surface area contributed by atoms with Gasteiger partial charge < -0.3 is 9.73 Å². The van der Waals surface area contributed by atoms with Crippen LogP contribution in [-0.2, 0) is 6.42 Å². The predicted molar refractivity (Wildman–Crippen MR) is 74.9 cm³/mol. The molecule has 0 amide bonds. The molecule has 1 atom stereocenters. The largest absolute Gasteiger partial charge is 0.469 e. The highest BCUT2D eigenvalue weighted by Crippen LogP contribution is 2.26. The monoisotopic (exact) mass is 281 g/mol. The van der Waals surface area contributed by atoms with Crippen LogP contribution in [0.1, 0.15) is 30.7 Å². The summed E-state index contributed by atoms with van der Waals surface area (Å²) in [4.78, 5) is 0. The molecule has 0 saturated carbocycles. The fourth-order valence-electron chi connectivity index (χ4n) is 2.02. The van der Waals surface area contributed by atoms with Gasteiger partial charge in [0.2, 0.25) is 0 Å². The van der Waals surface area contributed by atoms with E-state index in [1.54, 1.807) is 12.3 Å². The molecule has 1 unspecified atom stereocenters. The molecule has 0 radical (unpaired) electrons. The van der Waals surface area contributed by atoms with Gasteiger partial charge in [-0.2, -0.15) is 0 Å². The molecule has 1 aromatic heterocycles. The number of rotatable bonds is 6. The van der Waals surface area contributed by atoms with E-state index in [9.17, 15) is 4.39 Å². The Kier molecular flexibility index (Phi) is 5.00. The van der Waals surface area contributed by atoms with Crippen molar-refractivity contribution in [3.8, 4) is 0 Å². The molecule has 0 aliphatic carbocycles. The molecular weight excluding hydrogens is 265 g/mol. The van der Waals surface area contributed by atoms with Crippen LogP contribution in [0.15, 0.2) is 41.0 Å². The van der Waals surface area contributed by atoms with E-state index >= 15 is 0 Å². The van der Waals surface area contributed by atoms with Crippen molar-refractivity contribution < 1.29 is 8.81 Å². The first-order valence-corrected chi connectivity index (χ1v) is 6.79. The SMILES string of the molecule is CCCNC(Cc1ccco1)c1ccc(F)cc1Cl. The highest BCUT2D eigenvalue weighted by Gasteiger charge is 2.16. The highest BCUT2D eigenvalue weighted by atomic mass is 35.5. The Morgan fingerprint density at radius 1 is 1.37 bits per heavy atom. The Morgan fingerprint density at radius 3 is 2.84 bits per heavy atom. The molecule has 0 saturated heterocycles. The molecule has 1 aromatic carbocycles. The predicted octanol–water partition coefficient (Wildman–Crippen LogP) is 4.36. The Balaban J connectivity index is 2.20. The zero-order valence-electron chi connectivity index (χ0n) is 10.8. The van der Waals surface area contributed by atoms with Crippen LogP contribution in [0, 0.1) is 5.82 Å². The van der Waals surface area contributed by atoms with Gasteiger partial charge in [0.1, 0.15) is 11.6 Å². The van der Waals surface area contributed by atoms with Gasteiger partial charge in [-0.3, -0.25) is 0 Å². The summed E-state index contributed by atoms with van der Waals surface area (Å²) < 4.78 is 18.5. The molecule has 19 heavy (non-hydrogen) atoms. The van der Waals surface area contributed by atoms with Crippen molar-refractivity contribution in [2.24, 2.45) is 0 Å². The second kappa shape index (κ2) is 6.73. The van der Waals surface area contributed by atoms with Gasteiger partial charge in [0, 0.05) is 17.5 Å². The normalized spacial score (nSPS) is 12.6. The van der Waals surface area contributed by atoms with Gasteiger partial charge in [-0.15, -0.1) is 0 Å². The van der Waals surface area contributed by atoms with E-state index in [1.807, 2.05) is 12.1 Å². The lowest BCUT2D eigenvalue weighted by molar-refractivity contribution is 0.449. The summed E-state index contributed by atoms with van der Waals surface area (Å²) in [5, 5.41) is 3.86. The lowest BCUT2D eigenvalue weighted by atomic mass is 10.0. The summed E-state index contributed by atoms with van der Waals surface area (Å²) in [6, 6.07) is 8.33. The molecule has 0 aliphatic rings. The maximum atomic E-state index is 13.1. The van der Waals surface area contributed by atoms with Crippen molar-refractivity contribution in [2.75, 3.05) is 6.54 Å². The van der Waals surface area contributed by atoms with E-state index in [2.05, 4.69) is 12.2 Å². The molecule has 1 heterocycles. The van der Waals surface area contributed by atoms with Crippen molar-refractivity contribution in [2.45, 2.75) is 25.8 Å². The minimum atomic E-state index is -0.319. The fraction of sp³-hybridized carbons (Fsp3) is 0.333. The molecule has 102 valence electrons. The Morgan fingerprint density at radius 2 is 2.21 bits per heavy atom. The number of nitrogens with one attached hydrogen (secondary N) is 1. The average Bonchev–Trinajstić information content (AvgIpc) is 2.88. The topological polar surface area (TPSA) is 25.2 Å². The first-order chi connectivity index (χ1) is 9.20. The summed E-state index contributed by atoms with van der Waals surface area (Å²) in [7, 11) is 0. The maximum absolute atomic E-state index is 13.1. The van der Waals surface area contributed by atoms with E-state index < -0.39 is 0 Å². The van der Waals surface area contributed by atoms with Crippen molar-refractivity contribution in [1.82, 2.24) is 5.32 Å². The van der Waals surface area contributed by atoms with Crippen molar-refractivity contribution >= 4 is 11.6 Å². The minimum Gasteiger partial charge on any atom is -0.469 e. The van der Waals surface area contributed by atoms with Crippen LogP contribution >= 0.6 is 11.6 Å². The first-order valence-electron chi connectivity index (χ1n) is 6.41. The highest BCUT2D eigenvalue weighted by molar-refractivity contribution is 6.31. The zero-order valence-corrected chi connectivity index (χ0v) is 11.6. The molecule has 0 fully saturated rings. The molecule has 1 N–H and O–H groups in total. The third kappa shape index (κ3) is 3.82. The number of benzene rings is 1. The Hall–Kier alpha value is -1.32. The second-order valence-corrected chi connectivity index (χ2v) is 4.86. The average molecular weight is 282 g/mol. The van der Waals surface area contributed by atoms with Crippen LogP contribution in [0.2, 0.25) is 5.02 Å². The van der Waals surface area contributed by atoms with Gasteiger partial charge in [0.15, 0.2) is 0 Å². The summed E-state index contributed by atoms with van der Waals surface area (Å²) in [5.74, 6) is 0.565. The standard InChI is InChI=1S/C15H17ClFNO/c1-2-7-18-15(10-12-4-3-8-19-12)13-6-5-11(17)9-14(13)16/h3-6,8-9,15,18H,2,7,10H2,1H3. The minimum absolute atomic E-state index is 0.0270. The zero-order chi connectivity index (χ0) is 13.7. The third-order valence-corrected chi connectivity index (χ3v) is 3.29. The van der Waals surface area contributed by atoms with E-state index in [0.717, 1.165) is 24.3 Å². The van der Waals surface area contributed by atoms with Crippen molar-refractivity contribution in [1.29, 1.82) is 0 Å². The van der Waals surface area contributed by atoms with E-state index in [4.69, 9.17) is 16.0 Å². The molecular formula is C15H17ClFNO. The summed E-state index contributed by atoms with van der Waals surface area (Å²) in [6.45, 7) is 2.97. The molecule has 2 rings (SSSR count). The molecule has 2 aromatic rings. The van der Waals surface area contributed by atoms with Crippen LogP contribution in [0.4, 0.5) is 4.39 Å². The first kappa shape index (κ1) is 14.1. The van der Waals surface area contributed by atoms with Gasteiger partial charge in [0.25, 0.3) is 0 Å². The number of hydrogen-bond acceptors (Lipinski definition) is 2. The van der Waals surface area contributed by atoms with E-state index in [1.165, 1.54) is 12.1 Å². The van der Waals surface area contributed by atoms with Crippen LogP contribution in [0.5, 0.6) is 0 Å². The third-order valence-electron chi connectivity index (χ3n) is 2.96. The van der Waals surface area contributed by atoms with E-state index in [0.29, 0.717) is 11.4 Å². The summed E-state index contributed by atoms with van der Waals surface area (Å²) >= 11 is 6.13. The van der Waals surface area contributed by atoms with E-state index in [-0.39, 0.29) is 11.9 Å². The van der Waals surface area contributed by atoms with Gasteiger partial charge in [-0.05, 0) is 42.8 Å². The van der Waals surface area contributed by atoms with Crippen LogP contribution in [0.25, 0.3) is 0 Å². The summed E-state index contributed by atoms with van der Waals surface area (Å²) in [6.07, 6.45) is 3.37. The quantitative estimate of drug-likeness (QED) is 0.851. The van der Waals surface area contributed by atoms with Crippen LogP contribution in [0.3, 0.4) is 0 Å². The van der Waals surface area contributed by atoms with Gasteiger partial charge in [-0.1, -0.05) is 24.6 Å². The summed E-state index contributed by atoms with van der Waals surface area (Å²) in [5.41, 5.74) is 0.896. The molecule has 0 spiro atoms. The van der Waals surface area contributed by atoms with Gasteiger partial charge in [-0.25, -0.2) is 4.39 Å². The molecule has 0 bridgehead atoms. The lowest BCUT2D eigenvalue weighted by Crippen LogP contribution is -2.24.